The fourth-order valence-electron chi connectivity index (χ4n) is 4.81. The molecule has 0 aliphatic carbocycles. The lowest BCUT2D eigenvalue weighted by Crippen LogP contribution is -2.41. The topological polar surface area (TPSA) is 88.4 Å². The molecule has 7 nitrogen and oxygen atoms in total. The molecule has 35 heavy (non-hydrogen) atoms. The number of fused-ring (bicyclic) bond motifs is 1. The van der Waals surface area contributed by atoms with E-state index in [1.807, 2.05) is 18.2 Å². The van der Waals surface area contributed by atoms with Gasteiger partial charge in [-0.1, -0.05) is 11.8 Å². The minimum absolute atomic E-state index is 0.0374. The van der Waals surface area contributed by atoms with E-state index in [0.29, 0.717) is 37.2 Å². The predicted octanol–water partition coefficient (Wildman–Crippen LogP) is 4.29. The van der Waals surface area contributed by atoms with E-state index in [-0.39, 0.29) is 18.3 Å². The summed E-state index contributed by atoms with van der Waals surface area (Å²) in [6, 6.07) is 7.18. The first-order valence-electron chi connectivity index (χ1n) is 11.8. The maximum absolute atomic E-state index is 15.4. The molecule has 0 bridgehead atoms. The predicted molar refractivity (Wildman–Crippen MR) is 131 cm³/mol. The number of carboxylic acid groups (broad SMARTS) is 1. The van der Waals surface area contributed by atoms with Gasteiger partial charge in [-0.05, 0) is 67.5 Å². The number of rotatable bonds is 8. The van der Waals surface area contributed by atoms with Gasteiger partial charge < -0.3 is 9.84 Å². The molecule has 2 aromatic heterocycles. The summed E-state index contributed by atoms with van der Waals surface area (Å²) >= 11 is 0. The van der Waals surface area contributed by atoms with Crippen LogP contribution in [-0.2, 0) is 4.79 Å². The molecular weight excluding hydrogens is 447 g/mol. The number of halogens is 1. The van der Waals surface area contributed by atoms with E-state index in [0.717, 1.165) is 29.4 Å². The first kappa shape index (κ1) is 24.6. The summed E-state index contributed by atoms with van der Waals surface area (Å²) < 4.78 is 20.7. The lowest BCUT2D eigenvalue weighted by molar-refractivity contribution is -0.139. The number of carboxylic acids is 1. The number of aliphatic carboxylic acids is 1. The highest BCUT2D eigenvalue weighted by molar-refractivity contribution is 5.83. The third-order valence-electron chi connectivity index (χ3n) is 6.62. The Bertz CT molecular complexity index is 1210. The fraction of sp³-hybridized carbons (Fsp3) is 0.407. The molecule has 1 fully saturated rings. The van der Waals surface area contributed by atoms with Gasteiger partial charge in [0.15, 0.2) is 0 Å². The van der Waals surface area contributed by atoms with Crippen LogP contribution in [0.15, 0.2) is 49.2 Å². The summed E-state index contributed by atoms with van der Waals surface area (Å²) in [6.45, 7) is 2.00. The Morgan fingerprint density at radius 1 is 1.29 bits per heavy atom. The number of methoxy groups -OCH3 is 1. The SMILES string of the molecule is COc1ccc2nccc([C@@H](F)CC[C@@H]3CCN(CC#Cc4cncnc4)C[C@@H]3CC(=O)O)c2c1. The van der Waals surface area contributed by atoms with Crippen LogP contribution in [0.25, 0.3) is 10.9 Å². The van der Waals surface area contributed by atoms with Crippen LogP contribution in [0.5, 0.6) is 5.75 Å². The second-order valence-corrected chi connectivity index (χ2v) is 8.90. The zero-order valence-electron chi connectivity index (χ0n) is 19.7. The molecule has 0 amide bonds. The van der Waals surface area contributed by atoms with Crippen molar-refractivity contribution in [2.75, 3.05) is 26.7 Å². The number of hydrogen-bond donors (Lipinski definition) is 1. The minimum atomic E-state index is -1.16. The molecule has 3 aromatic rings. The van der Waals surface area contributed by atoms with E-state index in [2.05, 4.69) is 31.7 Å². The molecule has 1 aliphatic heterocycles. The maximum atomic E-state index is 15.4. The van der Waals surface area contributed by atoms with E-state index in [4.69, 9.17) is 4.74 Å². The summed E-state index contributed by atoms with van der Waals surface area (Å²) in [7, 11) is 1.58. The molecule has 182 valence electrons. The lowest BCUT2D eigenvalue weighted by Gasteiger charge is -2.37. The second-order valence-electron chi connectivity index (χ2n) is 8.90. The third-order valence-corrected chi connectivity index (χ3v) is 6.62. The number of ether oxygens (including phenoxy) is 1. The smallest absolute Gasteiger partial charge is 0.303 e. The molecule has 1 N–H and O–H groups in total. The average Bonchev–Trinajstić information content (AvgIpc) is 2.87. The van der Waals surface area contributed by atoms with E-state index in [9.17, 15) is 9.90 Å². The van der Waals surface area contributed by atoms with Crippen LogP contribution < -0.4 is 4.74 Å². The lowest BCUT2D eigenvalue weighted by atomic mass is 9.79. The number of nitrogens with zero attached hydrogens (tertiary/aromatic N) is 4. The van der Waals surface area contributed by atoms with Gasteiger partial charge in [-0.3, -0.25) is 14.7 Å². The van der Waals surface area contributed by atoms with Crippen LogP contribution in [0, 0.1) is 23.7 Å². The van der Waals surface area contributed by atoms with E-state index in [1.165, 1.54) is 6.33 Å². The van der Waals surface area contributed by atoms with Crippen molar-refractivity contribution in [3.8, 4) is 17.6 Å². The van der Waals surface area contributed by atoms with Gasteiger partial charge in [-0.25, -0.2) is 14.4 Å². The van der Waals surface area contributed by atoms with Crippen molar-refractivity contribution in [3.05, 3.63) is 60.3 Å². The molecule has 3 heterocycles. The monoisotopic (exact) mass is 476 g/mol. The van der Waals surface area contributed by atoms with Crippen molar-refractivity contribution in [1.82, 2.24) is 19.9 Å². The first-order chi connectivity index (χ1) is 17.0. The van der Waals surface area contributed by atoms with Crippen LogP contribution in [-0.4, -0.2) is 57.7 Å². The van der Waals surface area contributed by atoms with Crippen molar-refractivity contribution in [2.45, 2.75) is 31.9 Å². The zero-order valence-corrected chi connectivity index (χ0v) is 19.7. The van der Waals surface area contributed by atoms with E-state index >= 15 is 4.39 Å². The molecule has 4 rings (SSSR count). The third kappa shape index (κ3) is 6.52. The maximum Gasteiger partial charge on any atom is 0.303 e. The van der Waals surface area contributed by atoms with Crippen molar-refractivity contribution < 1.29 is 19.0 Å². The normalized spacial score (nSPS) is 19.0. The van der Waals surface area contributed by atoms with Crippen molar-refractivity contribution in [1.29, 1.82) is 0 Å². The number of aromatic nitrogens is 3. The number of hydrogen-bond acceptors (Lipinski definition) is 6. The first-order valence-corrected chi connectivity index (χ1v) is 11.8. The van der Waals surface area contributed by atoms with E-state index < -0.39 is 12.1 Å². The largest absolute Gasteiger partial charge is 0.497 e. The van der Waals surface area contributed by atoms with Crippen molar-refractivity contribution in [3.63, 3.8) is 0 Å². The molecule has 1 aromatic carbocycles. The van der Waals surface area contributed by atoms with Crippen LogP contribution >= 0.6 is 0 Å². The molecule has 0 unspecified atom stereocenters. The molecule has 0 radical (unpaired) electrons. The number of piperidine rings is 1. The fourth-order valence-corrected chi connectivity index (χ4v) is 4.81. The molecule has 1 aliphatic rings. The quantitative estimate of drug-likeness (QED) is 0.485. The molecule has 0 spiro atoms. The van der Waals surface area contributed by atoms with Gasteiger partial charge in [0.25, 0.3) is 0 Å². The van der Waals surface area contributed by atoms with Gasteiger partial charge in [0.1, 0.15) is 18.2 Å². The van der Waals surface area contributed by atoms with Crippen LogP contribution in [0.3, 0.4) is 0 Å². The summed E-state index contributed by atoms with van der Waals surface area (Å²) in [6.07, 6.45) is 7.13. The number of alkyl halides is 1. The number of pyridine rings is 1. The minimum Gasteiger partial charge on any atom is -0.497 e. The summed E-state index contributed by atoms with van der Waals surface area (Å²) in [5.41, 5.74) is 2.08. The Morgan fingerprint density at radius 3 is 2.89 bits per heavy atom. The summed E-state index contributed by atoms with van der Waals surface area (Å²) in [5.74, 6) is 6.13. The Morgan fingerprint density at radius 2 is 2.11 bits per heavy atom. The van der Waals surface area contributed by atoms with Gasteiger partial charge in [-0.2, -0.15) is 0 Å². The molecule has 8 heteroatoms. The Labute approximate surface area is 204 Å². The van der Waals surface area contributed by atoms with Gasteiger partial charge in [0.2, 0.25) is 0 Å². The number of benzene rings is 1. The van der Waals surface area contributed by atoms with E-state index in [1.54, 1.807) is 31.8 Å². The van der Waals surface area contributed by atoms with Crippen LogP contribution in [0.2, 0.25) is 0 Å². The number of carbonyl (C=O) groups is 1. The zero-order chi connectivity index (χ0) is 24.6. The Hall–Kier alpha value is -3.57. The standard InChI is InChI=1S/C27H29FN4O3/c1-35-22-5-7-26-24(14-22)23(8-10-31-26)25(28)6-4-20-9-12-32(17-21(20)13-27(33)34)11-2-3-19-15-29-18-30-16-19/h5,7-8,10,14-16,18,20-21,25H,4,6,9,11-13,17H2,1H3,(H,33,34)/t20-,21+,25+/m1/s1. The Kier molecular flexibility index (Phi) is 8.22. The van der Waals surface area contributed by atoms with Crippen molar-refractivity contribution in [2.24, 2.45) is 11.8 Å². The van der Waals surface area contributed by atoms with Gasteiger partial charge in [0.05, 0.1) is 24.7 Å². The highest BCUT2D eigenvalue weighted by Gasteiger charge is 2.31. The highest BCUT2D eigenvalue weighted by Crippen LogP contribution is 2.36. The molecule has 3 atom stereocenters. The highest BCUT2D eigenvalue weighted by atomic mass is 19.1. The van der Waals surface area contributed by atoms with Crippen molar-refractivity contribution >= 4 is 16.9 Å². The molecule has 1 saturated heterocycles. The second kappa shape index (κ2) is 11.7. The van der Waals surface area contributed by atoms with Crippen LogP contribution in [0.4, 0.5) is 4.39 Å². The van der Waals surface area contributed by atoms with Gasteiger partial charge in [-0.15, -0.1) is 0 Å². The summed E-state index contributed by atoms with van der Waals surface area (Å²) in [5, 5.41) is 10.2. The Balaban J connectivity index is 1.39. The summed E-state index contributed by atoms with van der Waals surface area (Å²) in [4.78, 5) is 26.0. The molecular formula is C27H29FN4O3. The molecule has 0 saturated carbocycles. The van der Waals surface area contributed by atoms with Gasteiger partial charge >= 0.3 is 5.97 Å². The average molecular weight is 477 g/mol. The number of likely N-dealkylation sites (tertiary alicyclic amines) is 1. The van der Waals surface area contributed by atoms with Crippen LogP contribution in [0.1, 0.15) is 43.0 Å². The van der Waals surface area contributed by atoms with Gasteiger partial charge in [0, 0.05) is 36.9 Å².